The number of benzene rings is 1. The predicted molar refractivity (Wildman–Crippen MR) is 98.6 cm³/mol. The van der Waals surface area contributed by atoms with Gasteiger partial charge >= 0.3 is 5.97 Å². The number of thiazole rings is 1. The highest BCUT2D eigenvalue weighted by Gasteiger charge is 2.41. The van der Waals surface area contributed by atoms with Crippen LogP contribution in [0.5, 0.6) is 0 Å². The Kier molecular flexibility index (Phi) is 5.60. The number of carbonyl (C=O) groups is 2. The van der Waals surface area contributed by atoms with Crippen LogP contribution in [0.3, 0.4) is 0 Å². The predicted octanol–water partition coefficient (Wildman–Crippen LogP) is 3.77. The molecule has 1 amide bonds. The van der Waals surface area contributed by atoms with Gasteiger partial charge in [0.15, 0.2) is 5.54 Å². The standard InChI is InChI=1S/C18H19ClN2O4S/c1-2-18(17(23)24,11-5-7-12(19)8-6-11)21-15(22)14-10-20-16(26-14)13-4-3-9-25-13/h5-8,10,13H,2-4,9H2,1H3,(H,21,22)(H,23,24). The van der Waals surface area contributed by atoms with Gasteiger partial charge < -0.3 is 15.2 Å². The molecule has 2 aromatic rings. The summed E-state index contributed by atoms with van der Waals surface area (Å²) in [4.78, 5) is 29.4. The first kappa shape index (κ1) is 18.8. The van der Waals surface area contributed by atoms with Crippen molar-refractivity contribution in [1.29, 1.82) is 0 Å². The van der Waals surface area contributed by atoms with E-state index in [9.17, 15) is 14.7 Å². The van der Waals surface area contributed by atoms with Crippen LogP contribution in [0.25, 0.3) is 0 Å². The van der Waals surface area contributed by atoms with Crippen LogP contribution in [-0.2, 0) is 15.1 Å². The van der Waals surface area contributed by atoms with Crippen LogP contribution >= 0.6 is 22.9 Å². The molecular weight excluding hydrogens is 376 g/mol. The van der Waals surface area contributed by atoms with E-state index in [0.717, 1.165) is 17.8 Å². The number of rotatable bonds is 6. The third-order valence-corrected chi connectivity index (χ3v) is 5.85. The number of hydrogen-bond donors (Lipinski definition) is 2. The van der Waals surface area contributed by atoms with Crippen LogP contribution in [0, 0.1) is 0 Å². The molecule has 0 radical (unpaired) electrons. The Morgan fingerprint density at radius 2 is 2.15 bits per heavy atom. The lowest BCUT2D eigenvalue weighted by Gasteiger charge is -2.29. The van der Waals surface area contributed by atoms with E-state index in [4.69, 9.17) is 16.3 Å². The Morgan fingerprint density at radius 1 is 1.42 bits per heavy atom. The van der Waals surface area contributed by atoms with Crippen LogP contribution in [0.15, 0.2) is 30.5 Å². The van der Waals surface area contributed by atoms with E-state index in [1.807, 2.05) is 0 Å². The van der Waals surface area contributed by atoms with Crippen molar-refractivity contribution in [2.75, 3.05) is 6.61 Å². The number of aromatic nitrogens is 1. The van der Waals surface area contributed by atoms with Crippen molar-refractivity contribution in [3.05, 3.63) is 50.9 Å². The van der Waals surface area contributed by atoms with Crippen LogP contribution in [-0.4, -0.2) is 28.6 Å². The van der Waals surface area contributed by atoms with Crippen molar-refractivity contribution in [3.8, 4) is 0 Å². The second-order valence-electron chi connectivity index (χ2n) is 6.09. The number of ether oxygens (including phenoxy) is 1. The van der Waals surface area contributed by atoms with Crippen molar-refractivity contribution in [2.45, 2.75) is 37.8 Å². The van der Waals surface area contributed by atoms with E-state index in [2.05, 4.69) is 10.3 Å². The summed E-state index contributed by atoms with van der Waals surface area (Å²) in [6, 6.07) is 6.45. The summed E-state index contributed by atoms with van der Waals surface area (Å²) >= 11 is 7.13. The molecule has 1 aliphatic heterocycles. The Labute approximate surface area is 160 Å². The third kappa shape index (κ3) is 3.60. The second kappa shape index (κ2) is 7.73. The molecule has 0 spiro atoms. The Hall–Kier alpha value is -1.96. The molecule has 2 atom stereocenters. The molecule has 2 N–H and O–H groups in total. The van der Waals surface area contributed by atoms with Gasteiger partial charge in [0.05, 0.1) is 6.20 Å². The van der Waals surface area contributed by atoms with Gasteiger partial charge in [0.25, 0.3) is 5.91 Å². The Bertz CT molecular complexity index is 802. The minimum Gasteiger partial charge on any atom is -0.479 e. The first-order chi connectivity index (χ1) is 12.5. The fourth-order valence-electron chi connectivity index (χ4n) is 3.00. The van der Waals surface area contributed by atoms with E-state index < -0.39 is 17.4 Å². The maximum absolute atomic E-state index is 12.7. The Morgan fingerprint density at radius 3 is 2.73 bits per heavy atom. The number of nitrogens with one attached hydrogen (secondary N) is 1. The van der Waals surface area contributed by atoms with E-state index in [-0.39, 0.29) is 12.5 Å². The van der Waals surface area contributed by atoms with Gasteiger partial charge in [0, 0.05) is 11.6 Å². The zero-order chi connectivity index (χ0) is 18.7. The molecule has 0 saturated carbocycles. The lowest BCUT2D eigenvalue weighted by molar-refractivity contribution is -0.145. The summed E-state index contributed by atoms with van der Waals surface area (Å²) in [5, 5.41) is 13.8. The van der Waals surface area contributed by atoms with Crippen molar-refractivity contribution < 1.29 is 19.4 Å². The number of amides is 1. The summed E-state index contributed by atoms with van der Waals surface area (Å²) in [6.07, 6.45) is 3.44. The molecular formula is C18H19ClN2O4S. The number of hydrogen-bond acceptors (Lipinski definition) is 5. The highest BCUT2D eigenvalue weighted by atomic mass is 35.5. The van der Waals surface area contributed by atoms with E-state index in [0.29, 0.717) is 22.1 Å². The maximum atomic E-state index is 12.7. The molecule has 2 unspecified atom stereocenters. The smallest absolute Gasteiger partial charge is 0.334 e. The highest BCUT2D eigenvalue weighted by molar-refractivity contribution is 7.13. The number of carbonyl (C=O) groups excluding carboxylic acids is 1. The zero-order valence-corrected chi connectivity index (χ0v) is 15.8. The topological polar surface area (TPSA) is 88.5 Å². The first-order valence-electron chi connectivity index (χ1n) is 8.35. The quantitative estimate of drug-likeness (QED) is 0.778. The summed E-state index contributed by atoms with van der Waals surface area (Å²) in [5.74, 6) is -1.59. The molecule has 1 saturated heterocycles. The molecule has 1 aliphatic rings. The normalized spacial score (nSPS) is 19.1. The molecule has 6 nitrogen and oxygen atoms in total. The van der Waals surface area contributed by atoms with Gasteiger partial charge in [-0.25, -0.2) is 9.78 Å². The van der Waals surface area contributed by atoms with Gasteiger partial charge in [-0.15, -0.1) is 11.3 Å². The fraction of sp³-hybridized carbons (Fsp3) is 0.389. The van der Waals surface area contributed by atoms with Crippen LogP contribution < -0.4 is 5.32 Å². The van der Waals surface area contributed by atoms with Gasteiger partial charge in [-0.3, -0.25) is 4.79 Å². The molecule has 26 heavy (non-hydrogen) atoms. The minimum absolute atomic E-state index is 0.0757. The van der Waals surface area contributed by atoms with Crippen LogP contribution in [0.1, 0.15) is 52.5 Å². The average Bonchev–Trinajstić information content (AvgIpc) is 3.31. The maximum Gasteiger partial charge on any atom is 0.334 e. The number of carboxylic acids is 1. The van der Waals surface area contributed by atoms with E-state index >= 15 is 0 Å². The SMILES string of the molecule is CCC(NC(=O)c1cnc(C2CCCO2)s1)(C(=O)O)c1ccc(Cl)cc1. The van der Waals surface area contributed by atoms with Crippen molar-refractivity contribution >= 4 is 34.8 Å². The number of aliphatic carboxylic acids is 1. The summed E-state index contributed by atoms with van der Waals surface area (Å²) in [5.41, 5.74) is -1.07. The van der Waals surface area contributed by atoms with E-state index in [1.165, 1.54) is 17.5 Å². The van der Waals surface area contributed by atoms with Crippen LogP contribution in [0.2, 0.25) is 5.02 Å². The molecule has 1 aromatic carbocycles. The fourth-order valence-corrected chi connectivity index (χ4v) is 4.02. The molecule has 138 valence electrons. The van der Waals surface area contributed by atoms with Gasteiger partial charge in [0.1, 0.15) is 16.0 Å². The third-order valence-electron chi connectivity index (χ3n) is 4.51. The molecule has 1 fully saturated rings. The van der Waals surface area contributed by atoms with Gasteiger partial charge in [-0.1, -0.05) is 30.7 Å². The van der Waals surface area contributed by atoms with Crippen molar-refractivity contribution in [1.82, 2.24) is 10.3 Å². The Balaban J connectivity index is 1.85. The van der Waals surface area contributed by atoms with Crippen molar-refractivity contribution in [2.24, 2.45) is 0 Å². The van der Waals surface area contributed by atoms with Gasteiger partial charge in [-0.2, -0.15) is 0 Å². The van der Waals surface area contributed by atoms with Crippen molar-refractivity contribution in [3.63, 3.8) is 0 Å². The zero-order valence-electron chi connectivity index (χ0n) is 14.2. The number of carboxylic acid groups (broad SMARTS) is 1. The molecule has 1 aromatic heterocycles. The molecule has 2 heterocycles. The van der Waals surface area contributed by atoms with E-state index in [1.54, 1.807) is 31.2 Å². The number of halogens is 1. The lowest BCUT2D eigenvalue weighted by Crippen LogP contribution is -2.51. The average molecular weight is 395 g/mol. The summed E-state index contributed by atoms with van der Waals surface area (Å²) in [6.45, 7) is 2.41. The first-order valence-corrected chi connectivity index (χ1v) is 9.55. The highest BCUT2D eigenvalue weighted by Crippen LogP contribution is 2.32. The molecule has 0 bridgehead atoms. The number of nitrogens with zero attached hydrogens (tertiary/aromatic N) is 1. The molecule has 8 heteroatoms. The van der Waals surface area contributed by atoms with Crippen LogP contribution in [0.4, 0.5) is 0 Å². The monoisotopic (exact) mass is 394 g/mol. The van der Waals surface area contributed by atoms with Gasteiger partial charge in [-0.05, 0) is 37.0 Å². The lowest BCUT2D eigenvalue weighted by atomic mass is 9.87. The molecule has 0 aliphatic carbocycles. The minimum atomic E-state index is -1.53. The largest absolute Gasteiger partial charge is 0.479 e. The second-order valence-corrected chi connectivity index (χ2v) is 7.59. The summed E-state index contributed by atoms with van der Waals surface area (Å²) in [7, 11) is 0. The molecule has 3 rings (SSSR count). The van der Waals surface area contributed by atoms with Gasteiger partial charge in [0.2, 0.25) is 0 Å². The summed E-state index contributed by atoms with van der Waals surface area (Å²) < 4.78 is 5.58.